The van der Waals surface area contributed by atoms with Crippen molar-refractivity contribution in [3.63, 3.8) is 0 Å². The number of urea groups is 1. The van der Waals surface area contributed by atoms with Crippen LogP contribution in [0.2, 0.25) is 0 Å². The molecule has 19 heavy (non-hydrogen) atoms. The molecular weight excluding hydrogens is 247 g/mol. The second kappa shape index (κ2) is 6.02. The van der Waals surface area contributed by atoms with E-state index in [1.54, 1.807) is 17.0 Å². The summed E-state index contributed by atoms with van der Waals surface area (Å²) in [5.74, 6) is -0.272. The Morgan fingerprint density at radius 2 is 1.89 bits per heavy atom. The molecule has 1 heterocycles. The van der Waals surface area contributed by atoms with Crippen molar-refractivity contribution in [3.8, 4) is 0 Å². The first kappa shape index (κ1) is 13.8. The summed E-state index contributed by atoms with van der Waals surface area (Å²) >= 11 is 0. The van der Waals surface area contributed by atoms with Crippen molar-refractivity contribution in [2.75, 3.05) is 13.1 Å². The number of nitrogens with one attached hydrogen (secondary N) is 1. The molecule has 1 aliphatic rings. The second-order valence-corrected chi connectivity index (χ2v) is 4.95. The zero-order chi connectivity index (χ0) is 13.8. The fourth-order valence-corrected chi connectivity index (χ4v) is 2.24. The van der Waals surface area contributed by atoms with Gasteiger partial charge in [-0.2, -0.15) is 0 Å². The van der Waals surface area contributed by atoms with E-state index in [0.717, 1.165) is 5.56 Å². The first-order chi connectivity index (χ1) is 9.04. The van der Waals surface area contributed by atoms with Crippen LogP contribution in [-0.4, -0.2) is 36.2 Å². The Hall–Kier alpha value is -1.62. The summed E-state index contributed by atoms with van der Waals surface area (Å²) in [6, 6.07) is 6.01. The maximum atomic E-state index is 12.8. The average molecular weight is 266 g/mol. The molecule has 104 valence electrons. The van der Waals surface area contributed by atoms with Crippen LogP contribution in [0.3, 0.4) is 0 Å². The van der Waals surface area contributed by atoms with Gasteiger partial charge in [-0.3, -0.25) is 0 Å². The number of carbonyl (C=O) groups is 1. The van der Waals surface area contributed by atoms with Crippen molar-refractivity contribution in [1.29, 1.82) is 0 Å². The molecule has 1 N–H and O–H groups in total. The Morgan fingerprint density at radius 1 is 1.32 bits per heavy atom. The molecule has 0 aromatic heterocycles. The number of amides is 2. The summed E-state index contributed by atoms with van der Waals surface area (Å²) in [5.41, 5.74) is 0.879. The van der Waals surface area contributed by atoms with Crippen LogP contribution >= 0.6 is 0 Å². The third-order valence-corrected chi connectivity index (χ3v) is 3.06. The van der Waals surface area contributed by atoms with Crippen LogP contribution in [-0.2, 0) is 11.3 Å². The molecule has 2 atom stereocenters. The number of benzene rings is 1. The summed E-state index contributed by atoms with van der Waals surface area (Å²) < 4.78 is 18.3. The molecule has 0 saturated carbocycles. The average Bonchev–Trinajstić information content (AvgIpc) is 2.36. The quantitative estimate of drug-likeness (QED) is 0.891. The molecule has 0 bridgehead atoms. The molecule has 4 nitrogen and oxygen atoms in total. The van der Waals surface area contributed by atoms with Crippen molar-refractivity contribution in [2.24, 2.45) is 0 Å². The molecule has 1 aromatic carbocycles. The van der Waals surface area contributed by atoms with Gasteiger partial charge in [0, 0.05) is 19.6 Å². The summed E-state index contributed by atoms with van der Waals surface area (Å²) in [4.78, 5) is 13.8. The minimum atomic E-state index is -0.272. The SMILES string of the molecule is CC1CN(C(=O)NCc2ccc(F)cc2)CC(C)O1. The highest BCUT2D eigenvalue weighted by Crippen LogP contribution is 2.11. The Labute approximate surface area is 112 Å². The van der Waals surface area contributed by atoms with E-state index in [9.17, 15) is 9.18 Å². The lowest BCUT2D eigenvalue weighted by Crippen LogP contribution is -2.51. The Balaban J connectivity index is 1.85. The number of ether oxygens (including phenoxy) is 1. The Morgan fingerprint density at radius 3 is 2.47 bits per heavy atom. The van der Waals surface area contributed by atoms with Crippen LogP contribution in [0.4, 0.5) is 9.18 Å². The molecule has 2 rings (SSSR count). The standard InChI is InChI=1S/C14H19FN2O2/c1-10-8-17(9-11(2)19-10)14(18)16-7-12-3-5-13(15)6-4-12/h3-6,10-11H,7-9H2,1-2H3,(H,16,18). The minimum Gasteiger partial charge on any atom is -0.372 e. The predicted molar refractivity (Wildman–Crippen MR) is 70.2 cm³/mol. The highest BCUT2D eigenvalue weighted by molar-refractivity contribution is 5.74. The van der Waals surface area contributed by atoms with Crippen LogP contribution in [0, 0.1) is 5.82 Å². The molecule has 5 heteroatoms. The number of carbonyl (C=O) groups excluding carboxylic acids is 1. The largest absolute Gasteiger partial charge is 0.372 e. The number of halogens is 1. The van der Waals surface area contributed by atoms with Gasteiger partial charge in [-0.25, -0.2) is 9.18 Å². The number of rotatable bonds is 2. The van der Waals surface area contributed by atoms with Gasteiger partial charge < -0.3 is 15.0 Å². The fraction of sp³-hybridized carbons (Fsp3) is 0.500. The van der Waals surface area contributed by atoms with Gasteiger partial charge in [0.2, 0.25) is 0 Å². The van der Waals surface area contributed by atoms with E-state index in [0.29, 0.717) is 19.6 Å². The molecule has 2 amide bonds. The smallest absolute Gasteiger partial charge is 0.317 e. The van der Waals surface area contributed by atoms with Crippen molar-refractivity contribution < 1.29 is 13.9 Å². The van der Waals surface area contributed by atoms with Gasteiger partial charge in [0.1, 0.15) is 5.82 Å². The molecule has 2 unspecified atom stereocenters. The molecule has 0 spiro atoms. The molecule has 1 saturated heterocycles. The number of hydrogen-bond acceptors (Lipinski definition) is 2. The van der Waals surface area contributed by atoms with Crippen LogP contribution in [0.5, 0.6) is 0 Å². The minimum absolute atomic E-state index is 0.0559. The molecule has 1 aliphatic heterocycles. The molecular formula is C14H19FN2O2. The van der Waals surface area contributed by atoms with E-state index in [2.05, 4.69) is 5.32 Å². The van der Waals surface area contributed by atoms with E-state index < -0.39 is 0 Å². The first-order valence-corrected chi connectivity index (χ1v) is 6.47. The highest BCUT2D eigenvalue weighted by Gasteiger charge is 2.25. The van der Waals surface area contributed by atoms with Crippen molar-refractivity contribution >= 4 is 6.03 Å². The van der Waals surface area contributed by atoms with Gasteiger partial charge in [0.05, 0.1) is 12.2 Å². The van der Waals surface area contributed by atoms with Crippen LogP contribution in [0.25, 0.3) is 0 Å². The number of hydrogen-bond donors (Lipinski definition) is 1. The summed E-state index contributed by atoms with van der Waals surface area (Å²) in [6.07, 6.45) is 0.112. The summed E-state index contributed by atoms with van der Waals surface area (Å²) in [6.45, 7) is 5.50. The maximum absolute atomic E-state index is 12.8. The van der Waals surface area contributed by atoms with Crippen molar-refractivity contribution in [1.82, 2.24) is 10.2 Å². The van der Waals surface area contributed by atoms with Crippen LogP contribution < -0.4 is 5.32 Å². The van der Waals surface area contributed by atoms with E-state index in [-0.39, 0.29) is 24.1 Å². The lowest BCUT2D eigenvalue weighted by Gasteiger charge is -2.35. The second-order valence-electron chi connectivity index (χ2n) is 4.95. The number of nitrogens with zero attached hydrogens (tertiary/aromatic N) is 1. The third kappa shape index (κ3) is 3.92. The van der Waals surface area contributed by atoms with Gasteiger partial charge >= 0.3 is 6.03 Å². The zero-order valence-corrected chi connectivity index (χ0v) is 11.2. The van der Waals surface area contributed by atoms with E-state index in [1.165, 1.54) is 12.1 Å². The molecule has 1 fully saturated rings. The van der Waals surface area contributed by atoms with E-state index >= 15 is 0 Å². The lowest BCUT2D eigenvalue weighted by molar-refractivity contribution is -0.0545. The van der Waals surface area contributed by atoms with Crippen LogP contribution in [0.15, 0.2) is 24.3 Å². The summed E-state index contributed by atoms with van der Waals surface area (Å²) in [7, 11) is 0. The van der Waals surface area contributed by atoms with Gasteiger partial charge in [0.25, 0.3) is 0 Å². The van der Waals surface area contributed by atoms with Gasteiger partial charge in [-0.15, -0.1) is 0 Å². The zero-order valence-electron chi connectivity index (χ0n) is 11.2. The lowest BCUT2D eigenvalue weighted by atomic mass is 10.2. The third-order valence-electron chi connectivity index (χ3n) is 3.06. The normalized spacial score (nSPS) is 23.2. The van der Waals surface area contributed by atoms with Gasteiger partial charge in [-0.05, 0) is 31.5 Å². The maximum Gasteiger partial charge on any atom is 0.317 e. The van der Waals surface area contributed by atoms with E-state index in [1.807, 2.05) is 13.8 Å². The molecule has 1 aromatic rings. The van der Waals surface area contributed by atoms with Crippen molar-refractivity contribution in [2.45, 2.75) is 32.6 Å². The molecule has 0 radical (unpaired) electrons. The Kier molecular flexibility index (Phi) is 4.37. The van der Waals surface area contributed by atoms with Gasteiger partial charge in [-0.1, -0.05) is 12.1 Å². The molecule has 0 aliphatic carbocycles. The predicted octanol–water partition coefficient (Wildman–Crippen LogP) is 2.14. The fourth-order valence-electron chi connectivity index (χ4n) is 2.24. The summed E-state index contributed by atoms with van der Waals surface area (Å²) in [5, 5.41) is 2.84. The monoisotopic (exact) mass is 266 g/mol. The topological polar surface area (TPSA) is 41.6 Å². The van der Waals surface area contributed by atoms with Crippen molar-refractivity contribution in [3.05, 3.63) is 35.6 Å². The first-order valence-electron chi connectivity index (χ1n) is 6.47. The van der Waals surface area contributed by atoms with Crippen LogP contribution in [0.1, 0.15) is 19.4 Å². The number of morpholine rings is 1. The Bertz CT molecular complexity index is 426. The van der Waals surface area contributed by atoms with E-state index in [4.69, 9.17) is 4.74 Å². The van der Waals surface area contributed by atoms with Gasteiger partial charge in [0.15, 0.2) is 0 Å². The highest BCUT2D eigenvalue weighted by atomic mass is 19.1.